The number of hydrogen-bond donors (Lipinski definition) is 0. The second-order valence-corrected chi connectivity index (χ2v) is 10.6. The van der Waals surface area contributed by atoms with Gasteiger partial charge in [-0.2, -0.15) is 0 Å². The highest BCUT2D eigenvalue weighted by Gasteiger charge is 2.28. The van der Waals surface area contributed by atoms with Crippen LogP contribution in [0, 0.1) is 35.5 Å². The highest BCUT2D eigenvalue weighted by molar-refractivity contribution is 6.51. The zero-order chi connectivity index (χ0) is 21.4. The Hall–Kier alpha value is -1.41. The monoisotopic (exact) mass is 418 g/mol. The summed E-state index contributed by atoms with van der Waals surface area (Å²) in [5.41, 5.74) is 0. The summed E-state index contributed by atoms with van der Waals surface area (Å²) in [6, 6.07) is 7.74. The van der Waals surface area contributed by atoms with Gasteiger partial charge in [-0.1, -0.05) is 79.7 Å². The van der Waals surface area contributed by atoms with E-state index in [-0.39, 0.29) is 67.0 Å². The molecule has 0 heterocycles. The first-order valence-electron chi connectivity index (χ1n) is 10.1. The van der Waals surface area contributed by atoms with E-state index < -0.39 is 0 Å². The molecule has 6 heteroatoms. The van der Waals surface area contributed by atoms with Crippen LogP contribution in [-0.2, 0) is 18.4 Å². The lowest BCUT2D eigenvalue weighted by Gasteiger charge is -2.23. The first kappa shape index (κ1) is 24.6. The molecule has 0 spiro atoms. The van der Waals surface area contributed by atoms with Gasteiger partial charge in [-0.15, -0.1) is 0 Å². The van der Waals surface area contributed by atoms with Crippen LogP contribution in [0.25, 0.3) is 0 Å². The molecular weight excluding hydrogens is 384 g/mol. The van der Waals surface area contributed by atoms with E-state index in [1.807, 2.05) is 24.3 Å². The molecule has 0 aromatic heterocycles. The van der Waals surface area contributed by atoms with Crippen molar-refractivity contribution in [1.82, 2.24) is 0 Å². The Labute approximate surface area is 175 Å². The van der Waals surface area contributed by atoms with E-state index in [1.165, 1.54) is 0 Å². The Bertz CT molecular complexity index is 553. The summed E-state index contributed by atoms with van der Waals surface area (Å²) in [6.07, 6.45) is 0. The summed E-state index contributed by atoms with van der Waals surface area (Å²) in [5.74, 6) is 0.623. The minimum Gasteiger partial charge on any atom is -0.511 e. The molecule has 4 radical (unpaired) electrons. The van der Waals surface area contributed by atoms with Gasteiger partial charge in [0, 0.05) is 0 Å². The van der Waals surface area contributed by atoms with Gasteiger partial charge in [0.05, 0.1) is 11.8 Å². The van der Waals surface area contributed by atoms with E-state index in [0.29, 0.717) is 0 Å². The van der Waals surface area contributed by atoms with Crippen LogP contribution >= 0.6 is 0 Å². The first-order chi connectivity index (χ1) is 13.0. The molecule has 0 saturated heterocycles. The molecule has 1 aromatic carbocycles. The zero-order valence-corrected chi connectivity index (χ0v) is 20.4. The second-order valence-electron chi connectivity index (χ2n) is 8.65. The van der Waals surface area contributed by atoms with Crippen LogP contribution in [0.3, 0.4) is 0 Å². The Morgan fingerprint density at radius 1 is 0.607 bits per heavy atom. The van der Waals surface area contributed by atoms with Crippen LogP contribution in [0.4, 0.5) is 0 Å². The molecule has 4 nitrogen and oxygen atoms in total. The summed E-state index contributed by atoms with van der Waals surface area (Å²) in [7, 11) is -0.0166. The molecule has 1 rings (SSSR count). The minimum absolute atomic E-state index is 0.00828. The predicted molar refractivity (Wildman–Crippen MR) is 116 cm³/mol. The average Bonchev–Trinajstić information content (AvgIpc) is 2.57. The lowest BCUT2D eigenvalue weighted by Crippen LogP contribution is -2.33. The van der Waals surface area contributed by atoms with Gasteiger partial charge in [-0.3, -0.25) is 9.59 Å². The Morgan fingerprint density at radius 3 is 1.07 bits per heavy atom. The summed E-state index contributed by atoms with van der Waals surface area (Å²) >= 11 is 0. The molecular formula is C22H34O4Si2. The fourth-order valence-corrected chi connectivity index (χ4v) is 4.90. The smallest absolute Gasteiger partial charge is 0.355 e. The van der Waals surface area contributed by atoms with Crippen LogP contribution in [0.1, 0.15) is 55.4 Å². The third kappa shape index (κ3) is 7.55. The van der Waals surface area contributed by atoms with E-state index in [9.17, 15) is 9.59 Å². The fourth-order valence-electron chi connectivity index (χ4n) is 3.59. The van der Waals surface area contributed by atoms with Crippen LogP contribution < -0.4 is 10.4 Å². The number of carbonyl (C=O) groups is 2. The van der Waals surface area contributed by atoms with Crippen molar-refractivity contribution >= 4 is 41.8 Å². The highest BCUT2D eigenvalue weighted by atomic mass is 28.2. The largest absolute Gasteiger partial charge is 0.511 e. The summed E-state index contributed by atoms with van der Waals surface area (Å²) in [6.45, 7) is 16.4. The molecule has 28 heavy (non-hydrogen) atoms. The predicted octanol–water partition coefficient (Wildman–Crippen LogP) is 3.12. The van der Waals surface area contributed by atoms with Gasteiger partial charge in [0.25, 0.3) is 11.9 Å². The second kappa shape index (κ2) is 11.6. The van der Waals surface area contributed by atoms with Gasteiger partial charge in [-0.05, 0) is 34.0 Å². The standard InChI is InChI=1S/C22H34O4Si2/c1-13(2)19(14(3)4)21(23)25-27-17-9-11-18(12-10-17)28-26-22(24)20(15(5)6)16(7)8/h9-16,19-20H,1-8H3. The Balaban J connectivity index is 2.58. The maximum absolute atomic E-state index is 12.3. The maximum atomic E-state index is 12.3. The van der Waals surface area contributed by atoms with Crippen molar-refractivity contribution < 1.29 is 18.4 Å². The van der Waals surface area contributed by atoms with Crippen LogP contribution in [-0.4, -0.2) is 31.5 Å². The van der Waals surface area contributed by atoms with Crippen LogP contribution in [0.2, 0.25) is 0 Å². The molecule has 1 aromatic rings. The van der Waals surface area contributed by atoms with Crippen molar-refractivity contribution in [2.75, 3.05) is 0 Å². The number of benzene rings is 1. The van der Waals surface area contributed by atoms with E-state index in [1.54, 1.807) is 0 Å². The van der Waals surface area contributed by atoms with E-state index in [4.69, 9.17) is 8.85 Å². The Morgan fingerprint density at radius 2 is 0.857 bits per heavy atom. The zero-order valence-electron chi connectivity index (χ0n) is 18.4. The minimum atomic E-state index is -0.128. The molecule has 0 fully saturated rings. The van der Waals surface area contributed by atoms with Gasteiger partial charge < -0.3 is 8.85 Å². The summed E-state index contributed by atoms with van der Waals surface area (Å²) < 4.78 is 11.1. The molecule has 0 aliphatic heterocycles. The van der Waals surface area contributed by atoms with Crippen molar-refractivity contribution in [3.63, 3.8) is 0 Å². The van der Waals surface area contributed by atoms with Crippen LogP contribution in [0.15, 0.2) is 24.3 Å². The topological polar surface area (TPSA) is 52.6 Å². The molecule has 0 unspecified atom stereocenters. The molecule has 0 atom stereocenters. The van der Waals surface area contributed by atoms with Gasteiger partial charge in [0.2, 0.25) is 0 Å². The maximum Gasteiger partial charge on any atom is 0.355 e. The van der Waals surface area contributed by atoms with Crippen molar-refractivity contribution in [3.8, 4) is 0 Å². The third-order valence-corrected chi connectivity index (χ3v) is 6.59. The van der Waals surface area contributed by atoms with Gasteiger partial charge >= 0.3 is 19.5 Å². The molecule has 0 aliphatic carbocycles. The van der Waals surface area contributed by atoms with Crippen LogP contribution in [0.5, 0.6) is 0 Å². The van der Waals surface area contributed by atoms with Gasteiger partial charge in [-0.25, -0.2) is 0 Å². The van der Waals surface area contributed by atoms with E-state index >= 15 is 0 Å². The fraction of sp³-hybridized carbons (Fsp3) is 0.636. The van der Waals surface area contributed by atoms with Crippen molar-refractivity contribution in [2.45, 2.75) is 55.4 Å². The van der Waals surface area contributed by atoms with Crippen molar-refractivity contribution in [2.24, 2.45) is 35.5 Å². The molecule has 0 bridgehead atoms. The molecule has 0 amide bonds. The van der Waals surface area contributed by atoms with Gasteiger partial charge in [0.1, 0.15) is 0 Å². The number of rotatable bonds is 10. The normalized spacial score (nSPS) is 11.9. The van der Waals surface area contributed by atoms with E-state index in [0.717, 1.165) is 10.4 Å². The lowest BCUT2D eigenvalue weighted by molar-refractivity contribution is -0.143. The third-order valence-electron chi connectivity index (χ3n) is 4.84. The van der Waals surface area contributed by atoms with Gasteiger partial charge in [0.15, 0.2) is 0 Å². The lowest BCUT2D eigenvalue weighted by atomic mass is 9.86. The SMILES string of the molecule is CC(C)C(C(=O)O[Si]c1ccc([Si]OC(=O)C(C(C)C)C(C)C)cc1)C(C)C. The van der Waals surface area contributed by atoms with Crippen molar-refractivity contribution in [1.29, 1.82) is 0 Å². The first-order valence-corrected chi connectivity index (χ1v) is 11.9. The highest BCUT2D eigenvalue weighted by Crippen LogP contribution is 2.22. The molecule has 0 N–H and O–H groups in total. The summed E-state index contributed by atoms with van der Waals surface area (Å²) in [4.78, 5) is 24.7. The van der Waals surface area contributed by atoms with E-state index in [2.05, 4.69) is 55.4 Å². The Kier molecular flexibility index (Phi) is 10.2. The van der Waals surface area contributed by atoms with Crippen molar-refractivity contribution in [3.05, 3.63) is 24.3 Å². The number of hydrogen-bond acceptors (Lipinski definition) is 4. The summed E-state index contributed by atoms with van der Waals surface area (Å²) in [5, 5.41) is 1.92. The molecule has 0 aliphatic rings. The average molecular weight is 419 g/mol. The quantitative estimate of drug-likeness (QED) is 0.548. The molecule has 0 saturated carbocycles. The number of carbonyl (C=O) groups excluding carboxylic acids is 2. The molecule has 154 valence electrons.